The van der Waals surface area contributed by atoms with E-state index in [1.165, 1.54) is 0 Å². The number of sulfonamides is 1. The van der Waals surface area contributed by atoms with Crippen molar-refractivity contribution in [1.82, 2.24) is 4.83 Å². The summed E-state index contributed by atoms with van der Waals surface area (Å²) >= 11 is 0. The lowest BCUT2D eigenvalue weighted by molar-refractivity contribution is 0.583. The van der Waals surface area contributed by atoms with Gasteiger partial charge in [-0.05, 0) is 43.7 Å². The highest BCUT2D eigenvalue weighted by atomic mass is 32.2. The first kappa shape index (κ1) is 14.1. The lowest BCUT2D eigenvalue weighted by atomic mass is 10.0. The Kier molecular flexibility index (Phi) is 3.94. The van der Waals surface area contributed by atoms with Crippen molar-refractivity contribution in [3.8, 4) is 0 Å². The maximum absolute atomic E-state index is 12.1. The van der Waals surface area contributed by atoms with Crippen LogP contribution >= 0.6 is 0 Å². The fourth-order valence-corrected chi connectivity index (χ4v) is 2.78. The van der Waals surface area contributed by atoms with Crippen molar-refractivity contribution in [2.24, 2.45) is 16.9 Å². The number of hydrogen-bond donors (Lipinski definition) is 1. The van der Waals surface area contributed by atoms with E-state index >= 15 is 0 Å². The van der Waals surface area contributed by atoms with Gasteiger partial charge in [-0.25, -0.2) is 4.83 Å². The standard InChI is InChI=1S/C14H20N2O2S/c1-10(2)14(12-6-7-12)15-16-19(17,18)13-8-4-11(3)5-9-13/h4-5,8-10,12,16H,6-7H2,1-3H3/b15-14+. The number of hydrazone groups is 1. The zero-order chi connectivity index (χ0) is 14.0. The first-order valence-corrected chi connectivity index (χ1v) is 8.04. The second-order valence-corrected chi connectivity index (χ2v) is 7.03. The van der Waals surface area contributed by atoms with Gasteiger partial charge in [0.25, 0.3) is 10.0 Å². The molecule has 0 aliphatic heterocycles. The fourth-order valence-electron chi connectivity index (χ4n) is 1.95. The molecule has 1 fully saturated rings. The maximum Gasteiger partial charge on any atom is 0.276 e. The van der Waals surface area contributed by atoms with Crippen LogP contribution < -0.4 is 4.83 Å². The zero-order valence-electron chi connectivity index (χ0n) is 11.6. The number of benzene rings is 1. The van der Waals surface area contributed by atoms with E-state index in [0.29, 0.717) is 5.92 Å². The van der Waals surface area contributed by atoms with Crippen LogP contribution in [0.3, 0.4) is 0 Å². The smallest absolute Gasteiger partial charge is 0.200 e. The van der Waals surface area contributed by atoms with Crippen molar-refractivity contribution in [3.63, 3.8) is 0 Å². The number of aryl methyl sites for hydroxylation is 1. The first-order chi connectivity index (χ1) is 8.90. The lowest BCUT2D eigenvalue weighted by Crippen LogP contribution is -2.23. The number of hydrogen-bond acceptors (Lipinski definition) is 3. The van der Waals surface area contributed by atoms with Crippen LogP contribution in [0.2, 0.25) is 0 Å². The van der Waals surface area contributed by atoms with Crippen molar-refractivity contribution < 1.29 is 8.42 Å². The molecule has 5 heteroatoms. The normalized spacial score (nSPS) is 16.7. The van der Waals surface area contributed by atoms with E-state index in [-0.39, 0.29) is 10.8 Å². The van der Waals surface area contributed by atoms with E-state index in [1.807, 2.05) is 20.8 Å². The summed E-state index contributed by atoms with van der Waals surface area (Å²) in [6.07, 6.45) is 2.23. The van der Waals surface area contributed by atoms with Crippen LogP contribution in [0.5, 0.6) is 0 Å². The molecule has 1 saturated carbocycles. The molecule has 0 heterocycles. The number of nitrogens with zero attached hydrogens (tertiary/aromatic N) is 1. The molecule has 0 saturated heterocycles. The van der Waals surface area contributed by atoms with Gasteiger partial charge in [0.1, 0.15) is 0 Å². The highest BCUT2D eigenvalue weighted by molar-refractivity contribution is 7.89. The first-order valence-electron chi connectivity index (χ1n) is 6.56. The molecule has 1 N–H and O–H groups in total. The molecule has 0 amide bonds. The summed E-state index contributed by atoms with van der Waals surface area (Å²) < 4.78 is 24.2. The van der Waals surface area contributed by atoms with Crippen molar-refractivity contribution in [2.45, 2.75) is 38.5 Å². The summed E-state index contributed by atoms with van der Waals surface area (Å²) in [7, 11) is -3.55. The maximum atomic E-state index is 12.1. The highest BCUT2D eigenvalue weighted by Crippen LogP contribution is 2.33. The van der Waals surface area contributed by atoms with E-state index in [4.69, 9.17) is 0 Å². The Balaban J connectivity index is 2.17. The van der Waals surface area contributed by atoms with Gasteiger partial charge >= 0.3 is 0 Å². The molecule has 0 atom stereocenters. The second kappa shape index (κ2) is 5.33. The van der Waals surface area contributed by atoms with Gasteiger partial charge in [0.15, 0.2) is 0 Å². The summed E-state index contributed by atoms with van der Waals surface area (Å²) in [5, 5.41) is 4.13. The van der Waals surface area contributed by atoms with Crippen molar-refractivity contribution >= 4 is 15.7 Å². The highest BCUT2D eigenvalue weighted by Gasteiger charge is 2.29. The minimum atomic E-state index is -3.55. The van der Waals surface area contributed by atoms with Crippen LogP contribution in [0, 0.1) is 18.8 Å². The molecule has 104 valence electrons. The van der Waals surface area contributed by atoms with Gasteiger partial charge in [0.2, 0.25) is 0 Å². The third-order valence-electron chi connectivity index (χ3n) is 3.21. The van der Waals surface area contributed by atoms with Crippen LogP contribution in [0.4, 0.5) is 0 Å². The predicted molar refractivity (Wildman–Crippen MR) is 76.5 cm³/mol. The van der Waals surface area contributed by atoms with Gasteiger partial charge in [-0.2, -0.15) is 13.5 Å². The molecule has 2 rings (SSSR count). The van der Waals surface area contributed by atoms with Crippen LogP contribution in [0.25, 0.3) is 0 Å². The number of nitrogens with one attached hydrogen (secondary N) is 1. The third kappa shape index (κ3) is 3.56. The Morgan fingerprint density at radius 1 is 1.26 bits per heavy atom. The van der Waals surface area contributed by atoms with E-state index in [9.17, 15) is 8.42 Å². The molecule has 1 aromatic rings. The Morgan fingerprint density at radius 2 is 1.84 bits per heavy atom. The van der Waals surface area contributed by atoms with E-state index in [2.05, 4.69) is 9.93 Å². The van der Waals surface area contributed by atoms with Crippen LogP contribution in [-0.2, 0) is 10.0 Å². The van der Waals surface area contributed by atoms with Gasteiger partial charge < -0.3 is 0 Å². The molecular formula is C14H20N2O2S. The summed E-state index contributed by atoms with van der Waals surface area (Å²) in [6, 6.07) is 6.75. The van der Waals surface area contributed by atoms with E-state index < -0.39 is 10.0 Å². The van der Waals surface area contributed by atoms with Crippen molar-refractivity contribution in [1.29, 1.82) is 0 Å². The SMILES string of the molecule is Cc1ccc(S(=O)(=O)N/N=C(\C(C)C)C2CC2)cc1. The van der Waals surface area contributed by atoms with Crippen molar-refractivity contribution in [2.75, 3.05) is 0 Å². The number of rotatable bonds is 5. The quantitative estimate of drug-likeness (QED) is 0.666. The average Bonchev–Trinajstić information content (AvgIpc) is 3.13. The monoisotopic (exact) mass is 280 g/mol. The summed E-state index contributed by atoms with van der Waals surface area (Å²) in [4.78, 5) is 2.61. The molecule has 0 radical (unpaired) electrons. The molecule has 0 spiro atoms. The molecule has 0 unspecified atom stereocenters. The fraction of sp³-hybridized carbons (Fsp3) is 0.500. The molecular weight excluding hydrogens is 260 g/mol. The molecule has 0 bridgehead atoms. The van der Waals surface area contributed by atoms with Crippen LogP contribution in [0.1, 0.15) is 32.3 Å². The molecule has 4 nitrogen and oxygen atoms in total. The zero-order valence-corrected chi connectivity index (χ0v) is 12.4. The summed E-state index contributed by atoms with van der Waals surface area (Å²) in [6.45, 7) is 6.00. The van der Waals surface area contributed by atoms with E-state index in [1.54, 1.807) is 24.3 Å². The van der Waals surface area contributed by atoms with Gasteiger partial charge in [-0.1, -0.05) is 31.5 Å². The minimum Gasteiger partial charge on any atom is -0.200 e. The Morgan fingerprint density at radius 3 is 2.32 bits per heavy atom. The Hall–Kier alpha value is -1.36. The Bertz CT molecular complexity index is 566. The predicted octanol–water partition coefficient (Wildman–Crippen LogP) is 2.70. The average molecular weight is 280 g/mol. The topological polar surface area (TPSA) is 58.5 Å². The summed E-state index contributed by atoms with van der Waals surface area (Å²) in [5.41, 5.74) is 1.99. The molecule has 1 aliphatic rings. The Labute approximate surface area is 115 Å². The summed E-state index contributed by atoms with van der Waals surface area (Å²) in [5.74, 6) is 0.730. The van der Waals surface area contributed by atoms with Gasteiger partial charge in [0, 0.05) is 5.71 Å². The lowest BCUT2D eigenvalue weighted by Gasteiger charge is -2.10. The van der Waals surface area contributed by atoms with Crippen molar-refractivity contribution in [3.05, 3.63) is 29.8 Å². The van der Waals surface area contributed by atoms with Crippen LogP contribution in [-0.4, -0.2) is 14.1 Å². The molecule has 0 aromatic heterocycles. The van der Waals surface area contributed by atoms with Gasteiger partial charge in [-0.3, -0.25) is 0 Å². The van der Waals surface area contributed by atoms with Gasteiger partial charge in [0.05, 0.1) is 4.90 Å². The third-order valence-corrected chi connectivity index (χ3v) is 4.44. The van der Waals surface area contributed by atoms with Crippen LogP contribution in [0.15, 0.2) is 34.3 Å². The minimum absolute atomic E-state index is 0.251. The molecule has 19 heavy (non-hydrogen) atoms. The van der Waals surface area contributed by atoms with E-state index in [0.717, 1.165) is 24.1 Å². The molecule has 1 aliphatic carbocycles. The molecule has 1 aromatic carbocycles. The second-order valence-electron chi connectivity index (χ2n) is 5.37. The largest absolute Gasteiger partial charge is 0.276 e. The van der Waals surface area contributed by atoms with Gasteiger partial charge in [-0.15, -0.1) is 0 Å².